The average molecular weight is 253 g/mol. The van der Waals surface area contributed by atoms with E-state index in [4.69, 9.17) is 5.26 Å². The summed E-state index contributed by atoms with van der Waals surface area (Å²) in [6.45, 7) is 9.65. The van der Waals surface area contributed by atoms with Crippen molar-refractivity contribution in [1.29, 1.82) is 5.26 Å². The van der Waals surface area contributed by atoms with E-state index in [2.05, 4.69) is 30.1 Å². The van der Waals surface area contributed by atoms with Gasteiger partial charge >= 0.3 is 0 Å². The zero-order chi connectivity index (χ0) is 13.5. The Labute approximate surface area is 111 Å². The third-order valence-electron chi connectivity index (χ3n) is 3.63. The summed E-state index contributed by atoms with van der Waals surface area (Å²) >= 11 is 0. The molecule has 0 aromatic rings. The van der Waals surface area contributed by atoms with Gasteiger partial charge in [-0.2, -0.15) is 5.26 Å². The van der Waals surface area contributed by atoms with Crippen molar-refractivity contribution in [1.82, 2.24) is 10.2 Å². The summed E-state index contributed by atoms with van der Waals surface area (Å²) in [6.07, 6.45) is 1.57. The lowest BCUT2D eigenvalue weighted by Crippen LogP contribution is -2.52. The molecule has 2 N–H and O–H groups in total. The van der Waals surface area contributed by atoms with Crippen LogP contribution in [-0.4, -0.2) is 48.3 Å². The number of aliphatic hydroxyl groups excluding tert-OH is 1. The van der Waals surface area contributed by atoms with Crippen molar-refractivity contribution in [2.24, 2.45) is 11.8 Å². The van der Waals surface area contributed by atoms with Crippen molar-refractivity contribution in [2.45, 2.75) is 45.8 Å². The van der Waals surface area contributed by atoms with E-state index in [1.54, 1.807) is 0 Å². The Balaban J connectivity index is 2.54. The topological polar surface area (TPSA) is 59.3 Å². The lowest BCUT2D eigenvalue weighted by atomic mass is 9.88. The van der Waals surface area contributed by atoms with Gasteiger partial charge in [-0.1, -0.05) is 20.8 Å². The van der Waals surface area contributed by atoms with Crippen LogP contribution >= 0.6 is 0 Å². The van der Waals surface area contributed by atoms with Gasteiger partial charge in [0.25, 0.3) is 0 Å². The van der Waals surface area contributed by atoms with E-state index in [0.717, 1.165) is 32.5 Å². The van der Waals surface area contributed by atoms with Crippen LogP contribution in [0.15, 0.2) is 0 Å². The maximum Gasteiger partial charge on any atom is 0.0866 e. The number of nitrogens with one attached hydrogen (secondary N) is 1. The molecular weight excluding hydrogens is 226 g/mol. The fourth-order valence-corrected chi connectivity index (χ4v) is 2.62. The van der Waals surface area contributed by atoms with Crippen LogP contribution in [0, 0.1) is 23.2 Å². The van der Waals surface area contributed by atoms with Crippen molar-refractivity contribution >= 4 is 0 Å². The second kappa shape index (κ2) is 7.73. The number of nitrogens with zero attached hydrogens (tertiary/aromatic N) is 2. The molecule has 0 aromatic carbocycles. The van der Waals surface area contributed by atoms with Crippen LogP contribution in [0.1, 0.15) is 33.6 Å². The molecule has 1 heterocycles. The van der Waals surface area contributed by atoms with E-state index >= 15 is 0 Å². The van der Waals surface area contributed by atoms with E-state index in [9.17, 15) is 5.11 Å². The van der Waals surface area contributed by atoms with Gasteiger partial charge in [0.1, 0.15) is 0 Å². The molecule has 1 fully saturated rings. The first kappa shape index (κ1) is 15.4. The molecule has 1 aliphatic heterocycles. The first-order chi connectivity index (χ1) is 8.56. The van der Waals surface area contributed by atoms with Crippen molar-refractivity contribution in [3.05, 3.63) is 0 Å². The normalized spacial score (nSPS) is 27.1. The predicted molar refractivity (Wildman–Crippen MR) is 73.1 cm³/mol. The molecule has 4 heteroatoms. The molecule has 0 aliphatic carbocycles. The van der Waals surface area contributed by atoms with E-state index in [-0.39, 0.29) is 6.10 Å². The highest BCUT2D eigenvalue weighted by Crippen LogP contribution is 2.21. The van der Waals surface area contributed by atoms with Crippen LogP contribution in [0.3, 0.4) is 0 Å². The second-order valence-corrected chi connectivity index (χ2v) is 5.82. The van der Waals surface area contributed by atoms with Gasteiger partial charge in [-0.25, -0.2) is 0 Å². The molecule has 4 nitrogen and oxygen atoms in total. The lowest BCUT2D eigenvalue weighted by Gasteiger charge is -2.39. The molecule has 1 aliphatic rings. The van der Waals surface area contributed by atoms with Crippen LogP contribution in [0.25, 0.3) is 0 Å². The van der Waals surface area contributed by atoms with Crippen molar-refractivity contribution < 1.29 is 5.11 Å². The van der Waals surface area contributed by atoms with Gasteiger partial charge in [-0.05, 0) is 31.2 Å². The van der Waals surface area contributed by atoms with Gasteiger partial charge in [0.2, 0.25) is 0 Å². The largest absolute Gasteiger partial charge is 0.393 e. The third-order valence-corrected chi connectivity index (χ3v) is 3.63. The van der Waals surface area contributed by atoms with Crippen LogP contribution in [0.2, 0.25) is 0 Å². The Morgan fingerprint density at radius 3 is 2.72 bits per heavy atom. The maximum absolute atomic E-state index is 10.0. The van der Waals surface area contributed by atoms with E-state index in [0.29, 0.717) is 24.4 Å². The molecule has 0 amide bonds. The highest BCUT2D eigenvalue weighted by molar-refractivity contribution is 4.90. The van der Waals surface area contributed by atoms with Crippen molar-refractivity contribution in [3.63, 3.8) is 0 Å². The Morgan fingerprint density at radius 2 is 2.17 bits per heavy atom. The summed E-state index contributed by atoms with van der Waals surface area (Å²) in [7, 11) is 0. The summed E-state index contributed by atoms with van der Waals surface area (Å²) in [4.78, 5) is 2.16. The number of likely N-dealkylation sites (tertiary alicyclic amines) is 1. The van der Waals surface area contributed by atoms with Crippen molar-refractivity contribution in [3.8, 4) is 6.07 Å². The van der Waals surface area contributed by atoms with E-state index in [1.165, 1.54) is 0 Å². The minimum Gasteiger partial charge on any atom is -0.393 e. The summed E-state index contributed by atoms with van der Waals surface area (Å²) in [5.41, 5.74) is 0. The Hall–Kier alpha value is -0.630. The molecular formula is C14H27N3O. The zero-order valence-electron chi connectivity index (χ0n) is 11.9. The molecule has 0 saturated carbocycles. The summed E-state index contributed by atoms with van der Waals surface area (Å²) < 4.78 is 0. The van der Waals surface area contributed by atoms with Crippen LogP contribution in [0.5, 0.6) is 0 Å². The van der Waals surface area contributed by atoms with Gasteiger partial charge in [0, 0.05) is 19.1 Å². The number of rotatable bonds is 6. The molecule has 18 heavy (non-hydrogen) atoms. The van der Waals surface area contributed by atoms with Gasteiger partial charge < -0.3 is 10.4 Å². The smallest absolute Gasteiger partial charge is 0.0866 e. The fourth-order valence-electron chi connectivity index (χ4n) is 2.62. The standard InChI is InChI=1S/C14H27N3O/c1-4-14(18)12-7-13(16-8-11(2)3)10-17(9-12)6-5-15/h11-14,16,18H,4,6-10H2,1-3H3. The molecule has 1 saturated heterocycles. The second-order valence-electron chi connectivity index (χ2n) is 5.82. The number of aliphatic hydroxyl groups is 1. The SMILES string of the molecule is CCC(O)C1CC(NCC(C)C)CN(CC#N)C1. The molecule has 104 valence electrons. The molecule has 0 aromatic heterocycles. The summed E-state index contributed by atoms with van der Waals surface area (Å²) in [6, 6.07) is 2.62. The monoisotopic (exact) mass is 253 g/mol. The van der Waals surface area contributed by atoms with Crippen LogP contribution < -0.4 is 5.32 Å². The van der Waals surface area contributed by atoms with Gasteiger partial charge in [-0.3, -0.25) is 4.90 Å². The van der Waals surface area contributed by atoms with E-state index < -0.39 is 0 Å². The highest BCUT2D eigenvalue weighted by atomic mass is 16.3. The number of nitriles is 1. The number of hydrogen-bond donors (Lipinski definition) is 2. The van der Waals surface area contributed by atoms with E-state index in [1.807, 2.05) is 6.92 Å². The Kier molecular flexibility index (Phi) is 6.62. The molecule has 0 bridgehead atoms. The van der Waals surface area contributed by atoms with Crippen LogP contribution in [0.4, 0.5) is 0 Å². The van der Waals surface area contributed by atoms with Crippen molar-refractivity contribution in [2.75, 3.05) is 26.2 Å². The summed E-state index contributed by atoms with van der Waals surface area (Å²) in [5.74, 6) is 0.924. The van der Waals surface area contributed by atoms with Gasteiger partial charge in [0.15, 0.2) is 0 Å². The number of hydrogen-bond acceptors (Lipinski definition) is 4. The molecule has 3 unspecified atom stereocenters. The third kappa shape index (κ3) is 4.93. The van der Waals surface area contributed by atoms with Gasteiger partial charge in [0.05, 0.1) is 18.7 Å². The molecule has 3 atom stereocenters. The fraction of sp³-hybridized carbons (Fsp3) is 0.929. The minimum absolute atomic E-state index is 0.241. The Morgan fingerprint density at radius 1 is 1.44 bits per heavy atom. The quantitative estimate of drug-likeness (QED) is 0.699. The lowest BCUT2D eigenvalue weighted by molar-refractivity contribution is 0.0398. The minimum atomic E-state index is -0.241. The van der Waals surface area contributed by atoms with Gasteiger partial charge in [-0.15, -0.1) is 0 Å². The van der Waals surface area contributed by atoms with Crippen LogP contribution in [-0.2, 0) is 0 Å². The molecule has 1 rings (SSSR count). The zero-order valence-corrected chi connectivity index (χ0v) is 11.9. The first-order valence-electron chi connectivity index (χ1n) is 7.07. The maximum atomic E-state index is 10.0. The number of piperidine rings is 1. The average Bonchev–Trinajstić information content (AvgIpc) is 2.35. The Bertz CT molecular complexity index is 275. The first-order valence-corrected chi connectivity index (χ1v) is 7.07. The summed E-state index contributed by atoms with van der Waals surface area (Å²) in [5, 5.41) is 22.4. The highest BCUT2D eigenvalue weighted by Gasteiger charge is 2.30. The molecule has 0 radical (unpaired) electrons. The predicted octanol–water partition coefficient (Wildman–Crippen LogP) is 1.22. The molecule has 0 spiro atoms.